The molecule has 4 aliphatic carbocycles. The van der Waals surface area contributed by atoms with Crippen LogP contribution in [0.1, 0.15) is 65.2 Å². The van der Waals surface area contributed by atoms with Crippen molar-refractivity contribution in [2.24, 2.45) is 39.7 Å². The highest BCUT2D eigenvalue weighted by molar-refractivity contribution is 5.16. The molecule has 3 fully saturated rings. The minimum Gasteiger partial charge on any atom is -0.411 e. The summed E-state index contributed by atoms with van der Waals surface area (Å²) in [6.07, 6.45) is 15.6. The van der Waals surface area contributed by atoms with E-state index < -0.39 is 0 Å². The lowest BCUT2D eigenvalue weighted by Crippen LogP contribution is -2.54. The number of allylic oxidation sites excluding steroid dienone is 2. The van der Waals surface area contributed by atoms with E-state index in [9.17, 15) is 0 Å². The number of fused-ring (bicyclic) bond motifs is 5. The lowest BCUT2D eigenvalue weighted by atomic mass is 9.45. The van der Waals surface area contributed by atoms with E-state index in [1.807, 2.05) is 0 Å². The first-order valence-electron chi connectivity index (χ1n) is 9.34. The minimum absolute atomic E-state index is 0.390. The van der Waals surface area contributed by atoms with Crippen LogP contribution in [0, 0.1) is 34.5 Å². The third-order valence-electron chi connectivity index (χ3n) is 8.23. The van der Waals surface area contributed by atoms with Crippen LogP contribution in [0.15, 0.2) is 17.4 Å². The smallest absolute Gasteiger partial charge is 0.0112 e. The molecule has 0 aromatic rings. The fraction of sp³-hybridized carbons (Fsp3) is 0.895. The lowest BCUT2D eigenvalue weighted by Gasteiger charge is -2.61. The highest BCUT2D eigenvalue weighted by Crippen LogP contribution is 2.64. The molecule has 3 saturated carbocycles. The van der Waals surface area contributed by atoms with Crippen molar-refractivity contribution in [1.82, 2.24) is 5.43 Å². The van der Waals surface area contributed by atoms with Crippen LogP contribution in [0.5, 0.6) is 0 Å². The Bertz CT molecular complexity index is 487. The van der Waals surface area contributed by atoms with Gasteiger partial charge in [0.2, 0.25) is 0 Å². The van der Waals surface area contributed by atoms with Crippen LogP contribution in [0.25, 0.3) is 5.53 Å². The van der Waals surface area contributed by atoms with E-state index in [2.05, 4.69) is 36.6 Å². The Morgan fingerprint density at radius 2 is 1.95 bits per heavy atom. The highest BCUT2D eigenvalue weighted by atomic mass is 15.4. The summed E-state index contributed by atoms with van der Waals surface area (Å²) in [6, 6.07) is 0.390. The van der Waals surface area contributed by atoms with Crippen LogP contribution >= 0.6 is 0 Å². The topological polar surface area (TPSA) is 46.7 Å². The molecule has 0 aliphatic heterocycles. The van der Waals surface area contributed by atoms with Crippen LogP contribution < -0.4 is 5.43 Å². The fourth-order valence-corrected chi connectivity index (χ4v) is 6.94. The molecule has 7 atom stereocenters. The fourth-order valence-electron chi connectivity index (χ4n) is 6.94. The summed E-state index contributed by atoms with van der Waals surface area (Å²) < 4.78 is 0. The maximum Gasteiger partial charge on any atom is -0.0112 e. The zero-order chi connectivity index (χ0) is 15.4. The van der Waals surface area contributed by atoms with Gasteiger partial charge in [-0.25, -0.2) is 0 Å². The molecule has 0 spiro atoms. The van der Waals surface area contributed by atoms with Crippen molar-refractivity contribution in [3.63, 3.8) is 0 Å². The number of nitrogens with zero attached hydrogens (tertiary/aromatic N) is 2. The van der Waals surface area contributed by atoms with Crippen molar-refractivity contribution in [2.45, 2.75) is 71.3 Å². The van der Waals surface area contributed by atoms with Gasteiger partial charge in [0, 0.05) is 0 Å². The summed E-state index contributed by atoms with van der Waals surface area (Å²) >= 11 is 0. The zero-order valence-electron chi connectivity index (χ0n) is 14.1. The SMILES string of the molecule is C[C@]12CC[C@@H](NN=[N-])C[C@@H]1CC[C@@H]1[C@@H]2CC[C@]2(C)C=CC[C@@H]12. The highest BCUT2D eigenvalue weighted by Gasteiger charge is 2.56. The molecule has 3 nitrogen and oxygen atoms in total. The maximum atomic E-state index is 8.80. The molecule has 3 heteroatoms. The van der Waals surface area contributed by atoms with E-state index in [0.717, 1.165) is 23.7 Å². The molecule has 1 N–H and O–H groups in total. The van der Waals surface area contributed by atoms with Crippen LogP contribution in [-0.4, -0.2) is 6.04 Å². The number of hydrogen-bond acceptors (Lipinski definition) is 1. The van der Waals surface area contributed by atoms with Crippen molar-refractivity contribution < 1.29 is 0 Å². The largest absolute Gasteiger partial charge is 0.411 e. The van der Waals surface area contributed by atoms with Crippen molar-refractivity contribution in [3.05, 3.63) is 17.7 Å². The molecule has 122 valence electrons. The molecule has 0 unspecified atom stereocenters. The Hall–Kier alpha value is -0.860. The molecule has 0 radical (unpaired) electrons. The standard InChI is InChI=1S/C19H30N3/c1-18-9-3-4-16(18)15-6-5-13-12-14(21-22-20)7-11-19(13,2)17(15)8-10-18/h3,9,13-17H,4-8,10-12H2,1-2H3,(H-,20,21)/q-1/t13-,14+,15-,16-,17-,18-,19-/m0/s1. The van der Waals surface area contributed by atoms with Gasteiger partial charge in [0.15, 0.2) is 0 Å². The lowest BCUT2D eigenvalue weighted by molar-refractivity contribution is -0.101. The molecule has 0 aromatic heterocycles. The Balaban J connectivity index is 1.56. The molecule has 0 saturated heterocycles. The van der Waals surface area contributed by atoms with E-state index in [-0.39, 0.29) is 0 Å². The van der Waals surface area contributed by atoms with E-state index in [4.69, 9.17) is 5.53 Å². The Labute approximate surface area is 134 Å². The van der Waals surface area contributed by atoms with Gasteiger partial charge in [-0.05, 0) is 91.9 Å². The third kappa shape index (κ3) is 2.00. The number of nitrogens with one attached hydrogen (secondary N) is 1. The molecule has 4 aliphatic rings. The van der Waals surface area contributed by atoms with Crippen molar-refractivity contribution in [1.29, 1.82) is 0 Å². The monoisotopic (exact) mass is 300 g/mol. The second-order valence-corrected chi connectivity index (χ2v) is 9.04. The van der Waals surface area contributed by atoms with Crippen molar-refractivity contribution in [3.8, 4) is 0 Å². The van der Waals surface area contributed by atoms with Crippen LogP contribution in [0.2, 0.25) is 0 Å². The van der Waals surface area contributed by atoms with Crippen LogP contribution in [0.3, 0.4) is 0 Å². The first-order valence-corrected chi connectivity index (χ1v) is 9.34. The quantitative estimate of drug-likeness (QED) is 0.431. The van der Waals surface area contributed by atoms with Crippen molar-refractivity contribution in [2.75, 3.05) is 0 Å². The molecule has 0 aromatic carbocycles. The van der Waals surface area contributed by atoms with Crippen LogP contribution in [0.4, 0.5) is 0 Å². The van der Waals surface area contributed by atoms with Crippen LogP contribution in [-0.2, 0) is 0 Å². The normalized spacial score (nSPS) is 53.3. The van der Waals surface area contributed by atoms with Gasteiger partial charge in [0.25, 0.3) is 0 Å². The van der Waals surface area contributed by atoms with Gasteiger partial charge in [-0.3, -0.25) is 5.22 Å². The van der Waals surface area contributed by atoms with Gasteiger partial charge in [0.05, 0.1) is 0 Å². The second kappa shape index (κ2) is 5.07. The summed E-state index contributed by atoms with van der Waals surface area (Å²) in [5, 5.41) is 3.20. The Morgan fingerprint density at radius 3 is 2.77 bits per heavy atom. The molecule has 0 heterocycles. The number of hydrogen-bond donors (Lipinski definition) is 1. The zero-order valence-corrected chi connectivity index (χ0v) is 14.1. The predicted octanol–water partition coefficient (Wildman–Crippen LogP) is 5.09. The average Bonchev–Trinajstić information content (AvgIpc) is 2.89. The van der Waals surface area contributed by atoms with E-state index in [1.54, 1.807) is 0 Å². The van der Waals surface area contributed by atoms with Crippen molar-refractivity contribution >= 4 is 0 Å². The molecule has 22 heavy (non-hydrogen) atoms. The Kier molecular flexibility index (Phi) is 3.39. The third-order valence-corrected chi connectivity index (χ3v) is 8.23. The van der Waals surface area contributed by atoms with Gasteiger partial charge >= 0.3 is 0 Å². The van der Waals surface area contributed by atoms with Gasteiger partial charge in [-0.2, -0.15) is 0 Å². The molecule has 4 rings (SSSR count). The number of rotatable bonds is 2. The summed E-state index contributed by atoms with van der Waals surface area (Å²) in [7, 11) is 0. The summed E-state index contributed by atoms with van der Waals surface area (Å²) in [5.41, 5.74) is 12.8. The van der Waals surface area contributed by atoms with E-state index in [1.165, 1.54) is 51.4 Å². The molecular weight excluding hydrogens is 270 g/mol. The van der Waals surface area contributed by atoms with Gasteiger partial charge < -0.3 is 11.0 Å². The van der Waals surface area contributed by atoms with E-state index >= 15 is 0 Å². The Morgan fingerprint density at radius 1 is 1.09 bits per heavy atom. The molecule has 0 amide bonds. The summed E-state index contributed by atoms with van der Waals surface area (Å²) in [6.45, 7) is 5.10. The minimum atomic E-state index is 0.390. The van der Waals surface area contributed by atoms with Gasteiger partial charge in [0.1, 0.15) is 0 Å². The first-order chi connectivity index (χ1) is 10.6. The molecular formula is C19H30N3-. The van der Waals surface area contributed by atoms with E-state index in [0.29, 0.717) is 16.9 Å². The predicted molar refractivity (Wildman–Crippen MR) is 89.0 cm³/mol. The van der Waals surface area contributed by atoms with Gasteiger partial charge in [-0.1, -0.05) is 26.0 Å². The summed E-state index contributed by atoms with van der Waals surface area (Å²) in [4.78, 5) is 0. The average molecular weight is 300 g/mol. The summed E-state index contributed by atoms with van der Waals surface area (Å²) in [5.74, 6) is 3.60. The second-order valence-electron chi connectivity index (χ2n) is 9.04. The maximum absolute atomic E-state index is 8.80. The van der Waals surface area contributed by atoms with Gasteiger partial charge in [-0.15, -0.1) is 0 Å². The first kappa shape index (κ1) is 14.7. The molecule has 0 bridgehead atoms.